The van der Waals surface area contributed by atoms with Crippen LogP contribution in [0.4, 0.5) is 10.1 Å². The Morgan fingerprint density at radius 2 is 1.80 bits per heavy atom. The van der Waals surface area contributed by atoms with Crippen molar-refractivity contribution in [3.05, 3.63) is 65.5 Å². The maximum Gasteiger partial charge on any atom is 0.124 e. The van der Waals surface area contributed by atoms with Gasteiger partial charge in [-0.1, -0.05) is 30.3 Å². The second-order valence-corrected chi connectivity index (χ2v) is 6.33. The molecule has 0 radical (unpaired) electrons. The lowest BCUT2D eigenvalue weighted by molar-refractivity contribution is 0.270. The fraction of sp³-hybridized carbons (Fsp3) is 0.316. The summed E-state index contributed by atoms with van der Waals surface area (Å²) in [6.07, 6.45) is 0. The lowest BCUT2D eigenvalue weighted by atomic mass is 9.99. The molecule has 4 rings (SSSR count). The summed E-state index contributed by atoms with van der Waals surface area (Å²) in [5, 5.41) is 0. The van der Waals surface area contributed by atoms with Gasteiger partial charge in [0.2, 0.25) is 0 Å². The van der Waals surface area contributed by atoms with Gasteiger partial charge in [-0.2, -0.15) is 0 Å². The highest BCUT2D eigenvalue weighted by Gasteiger charge is 2.30. The van der Waals surface area contributed by atoms with E-state index in [-0.39, 0.29) is 30.6 Å². The van der Waals surface area contributed by atoms with Crippen LogP contribution in [-0.4, -0.2) is 49.9 Å². The molecule has 0 saturated carbocycles. The quantitative estimate of drug-likeness (QED) is 0.750. The van der Waals surface area contributed by atoms with E-state index in [4.69, 9.17) is 4.99 Å². The third kappa shape index (κ3) is 3.81. The minimum absolute atomic E-state index is 0. The first-order chi connectivity index (χ1) is 11.2. The molecule has 0 N–H and O–H groups in total. The molecule has 1 fully saturated rings. The first-order valence-electron chi connectivity index (χ1n) is 8.07. The molecule has 2 aliphatic rings. The molecule has 3 nitrogen and oxygen atoms in total. The standard InChI is InChI=1S/C19H20FN3.2ClH/c1-22-9-10-23-16(13-22)12-21-19(14-5-3-2-4-6-14)17-11-15(20)7-8-18(17)23;;/h2-8,11,16H,9-10,12-13H2,1H3;2*1H. The molecule has 2 heterocycles. The molecule has 2 aromatic carbocycles. The lowest BCUT2D eigenvalue weighted by Crippen LogP contribution is -2.53. The van der Waals surface area contributed by atoms with Crippen molar-refractivity contribution in [2.75, 3.05) is 38.1 Å². The number of rotatable bonds is 1. The van der Waals surface area contributed by atoms with Crippen LogP contribution in [-0.2, 0) is 0 Å². The summed E-state index contributed by atoms with van der Waals surface area (Å²) in [5.41, 5.74) is 3.96. The molecular weight excluding hydrogens is 360 g/mol. The maximum absolute atomic E-state index is 13.9. The average molecular weight is 382 g/mol. The molecule has 134 valence electrons. The van der Waals surface area contributed by atoms with Crippen molar-refractivity contribution >= 4 is 36.2 Å². The van der Waals surface area contributed by atoms with Crippen molar-refractivity contribution in [1.82, 2.24) is 4.90 Å². The van der Waals surface area contributed by atoms with Crippen LogP contribution in [0.3, 0.4) is 0 Å². The van der Waals surface area contributed by atoms with Crippen LogP contribution in [0.15, 0.2) is 53.5 Å². The normalized spacial score (nSPS) is 19.5. The van der Waals surface area contributed by atoms with Gasteiger partial charge in [0, 0.05) is 36.4 Å². The Hall–Kier alpha value is -1.62. The van der Waals surface area contributed by atoms with E-state index in [2.05, 4.69) is 16.8 Å². The Bertz CT molecular complexity index is 752. The van der Waals surface area contributed by atoms with E-state index < -0.39 is 0 Å². The van der Waals surface area contributed by atoms with Crippen molar-refractivity contribution in [3.8, 4) is 0 Å². The SMILES string of the molecule is CN1CCN2c3ccc(F)cc3C(c3ccccc3)=NCC2C1.Cl.Cl. The second-order valence-electron chi connectivity index (χ2n) is 6.33. The summed E-state index contributed by atoms with van der Waals surface area (Å²) in [4.78, 5) is 9.61. The van der Waals surface area contributed by atoms with Gasteiger partial charge >= 0.3 is 0 Å². The summed E-state index contributed by atoms with van der Waals surface area (Å²) in [7, 11) is 2.15. The minimum atomic E-state index is -0.208. The Morgan fingerprint density at radius 3 is 2.56 bits per heavy atom. The van der Waals surface area contributed by atoms with Gasteiger partial charge in [0.1, 0.15) is 5.82 Å². The highest BCUT2D eigenvalue weighted by molar-refractivity contribution is 6.16. The van der Waals surface area contributed by atoms with Gasteiger partial charge in [0.15, 0.2) is 0 Å². The molecule has 0 amide bonds. The average Bonchev–Trinajstić information content (AvgIpc) is 2.72. The van der Waals surface area contributed by atoms with Gasteiger partial charge in [0.05, 0.1) is 18.3 Å². The number of hydrogen-bond donors (Lipinski definition) is 0. The fourth-order valence-corrected chi connectivity index (χ4v) is 3.56. The number of likely N-dealkylation sites (N-methyl/N-ethyl adjacent to an activating group) is 1. The monoisotopic (exact) mass is 381 g/mol. The van der Waals surface area contributed by atoms with Crippen LogP contribution in [0.2, 0.25) is 0 Å². The van der Waals surface area contributed by atoms with Crippen LogP contribution >= 0.6 is 24.8 Å². The van der Waals surface area contributed by atoms with E-state index in [0.717, 1.165) is 48.7 Å². The highest BCUT2D eigenvalue weighted by Crippen LogP contribution is 2.30. The lowest BCUT2D eigenvalue weighted by Gasteiger charge is -2.40. The van der Waals surface area contributed by atoms with Gasteiger partial charge in [-0.05, 0) is 25.2 Å². The zero-order valence-electron chi connectivity index (χ0n) is 14.1. The third-order valence-corrected chi connectivity index (χ3v) is 4.72. The molecule has 0 spiro atoms. The van der Waals surface area contributed by atoms with Gasteiger partial charge in [0.25, 0.3) is 0 Å². The van der Waals surface area contributed by atoms with Crippen molar-refractivity contribution in [2.45, 2.75) is 6.04 Å². The van der Waals surface area contributed by atoms with Gasteiger partial charge in [-0.3, -0.25) is 4.99 Å². The fourth-order valence-electron chi connectivity index (χ4n) is 3.56. The zero-order valence-corrected chi connectivity index (χ0v) is 15.7. The molecular formula is C19H22Cl2FN3. The molecule has 25 heavy (non-hydrogen) atoms. The minimum Gasteiger partial charge on any atom is -0.364 e. The molecule has 0 aromatic heterocycles. The first-order valence-corrected chi connectivity index (χ1v) is 8.07. The molecule has 2 aliphatic heterocycles. The van der Waals surface area contributed by atoms with Crippen molar-refractivity contribution in [3.63, 3.8) is 0 Å². The number of fused-ring (bicyclic) bond motifs is 3. The number of anilines is 1. The van der Waals surface area contributed by atoms with E-state index in [9.17, 15) is 4.39 Å². The molecule has 0 aliphatic carbocycles. The van der Waals surface area contributed by atoms with Crippen molar-refractivity contribution in [2.24, 2.45) is 4.99 Å². The Kier molecular flexibility index (Phi) is 6.44. The number of nitrogens with zero attached hydrogens (tertiary/aromatic N) is 3. The topological polar surface area (TPSA) is 18.8 Å². The molecule has 1 atom stereocenters. The highest BCUT2D eigenvalue weighted by atomic mass is 35.5. The predicted octanol–water partition coefficient (Wildman–Crippen LogP) is 3.64. The number of hydrogen-bond acceptors (Lipinski definition) is 3. The largest absolute Gasteiger partial charge is 0.364 e. The molecule has 1 saturated heterocycles. The summed E-state index contributed by atoms with van der Waals surface area (Å²) in [6, 6.07) is 15.5. The van der Waals surface area contributed by atoms with E-state index in [1.165, 1.54) is 0 Å². The van der Waals surface area contributed by atoms with Gasteiger partial charge in [-0.25, -0.2) is 4.39 Å². The van der Waals surface area contributed by atoms with E-state index in [0.29, 0.717) is 6.04 Å². The van der Waals surface area contributed by atoms with Crippen LogP contribution in [0.5, 0.6) is 0 Å². The first kappa shape index (κ1) is 19.7. The van der Waals surface area contributed by atoms with Crippen molar-refractivity contribution < 1.29 is 4.39 Å². The van der Waals surface area contributed by atoms with E-state index in [1.807, 2.05) is 36.4 Å². The Balaban J connectivity index is 0.00000113. The Labute approximate surface area is 160 Å². The number of aliphatic imine (C=N–C) groups is 1. The summed E-state index contributed by atoms with van der Waals surface area (Å²) in [5.74, 6) is -0.208. The summed E-state index contributed by atoms with van der Waals surface area (Å²) >= 11 is 0. The van der Waals surface area contributed by atoms with Crippen LogP contribution in [0.25, 0.3) is 0 Å². The smallest absolute Gasteiger partial charge is 0.124 e. The van der Waals surface area contributed by atoms with E-state index >= 15 is 0 Å². The number of piperazine rings is 1. The van der Waals surface area contributed by atoms with Crippen LogP contribution in [0, 0.1) is 5.82 Å². The third-order valence-electron chi connectivity index (χ3n) is 4.72. The molecule has 0 bridgehead atoms. The van der Waals surface area contributed by atoms with E-state index in [1.54, 1.807) is 12.1 Å². The predicted molar refractivity (Wildman–Crippen MR) is 106 cm³/mol. The maximum atomic E-state index is 13.9. The second kappa shape index (κ2) is 8.17. The van der Waals surface area contributed by atoms with Crippen molar-refractivity contribution in [1.29, 1.82) is 0 Å². The van der Waals surface area contributed by atoms with Gasteiger partial charge < -0.3 is 9.80 Å². The summed E-state index contributed by atoms with van der Waals surface area (Å²) in [6.45, 7) is 3.71. The number of halogens is 3. The van der Waals surface area contributed by atoms with Crippen LogP contribution in [0.1, 0.15) is 11.1 Å². The molecule has 2 aromatic rings. The summed E-state index contributed by atoms with van der Waals surface area (Å²) < 4.78 is 13.9. The Morgan fingerprint density at radius 1 is 1.04 bits per heavy atom. The van der Waals surface area contributed by atoms with Gasteiger partial charge in [-0.15, -0.1) is 24.8 Å². The number of benzene rings is 2. The van der Waals surface area contributed by atoms with Crippen LogP contribution < -0.4 is 4.90 Å². The molecule has 1 unspecified atom stereocenters. The molecule has 6 heteroatoms. The zero-order chi connectivity index (χ0) is 15.8.